The highest BCUT2D eigenvalue weighted by molar-refractivity contribution is 5.57. The van der Waals surface area contributed by atoms with Gasteiger partial charge in [-0.1, -0.05) is 71.6 Å². The molecule has 158 valence electrons. The molecule has 0 radical (unpaired) electrons. The van der Waals surface area contributed by atoms with Crippen LogP contribution in [0.4, 0.5) is 0 Å². The fourth-order valence-electron chi connectivity index (χ4n) is 5.83. The molecule has 0 unspecified atom stereocenters. The average Bonchev–Trinajstić information content (AvgIpc) is 2.91. The molecule has 2 aliphatic rings. The topological polar surface area (TPSA) is 4.93 Å². The molecular weight excluding hydrogens is 350 g/mol. The van der Waals surface area contributed by atoms with Crippen LogP contribution in [0, 0.1) is 0 Å². The Bertz CT molecular complexity index is 773. The van der Waals surface area contributed by atoms with E-state index < -0.39 is 0 Å². The Morgan fingerprint density at radius 1 is 0.586 bits per heavy atom. The van der Waals surface area contributed by atoms with Crippen molar-refractivity contribution in [1.29, 1.82) is 0 Å². The summed E-state index contributed by atoms with van der Waals surface area (Å²) in [6.45, 7) is 9.50. The van der Waals surface area contributed by atoms with Crippen LogP contribution in [-0.4, -0.2) is 4.57 Å². The summed E-state index contributed by atoms with van der Waals surface area (Å²) in [5.74, 6) is 1.11. The summed E-state index contributed by atoms with van der Waals surface area (Å²) < 4.78 is 2.83. The normalized spacial score (nSPS) is 18.0. The lowest BCUT2D eigenvalue weighted by atomic mass is 9.91. The number of fused-ring (bicyclic) bond motifs is 3. The molecule has 0 amide bonds. The Morgan fingerprint density at radius 3 is 1.41 bits per heavy atom. The summed E-state index contributed by atoms with van der Waals surface area (Å²) in [6.07, 6.45) is 16.3. The van der Waals surface area contributed by atoms with Gasteiger partial charge in [-0.25, -0.2) is 0 Å². The van der Waals surface area contributed by atoms with E-state index in [0.717, 1.165) is 0 Å². The van der Waals surface area contributed by atoms with E-state index in [2.05, 4.69) is 50.5 Å². The first-order chi connectivity index (χ1) is 14.1. The first-order valence-electron chi connectivity index (χ1n) is 12.5. The van der Waals surface area contributed by atoms with Crippen LogP contribution < -0.4 is 0 Å². The molecule has 2 aliphatic carbocycles. The molecule has 1 heteroatoms. The van der Waals surface area contributed by atoms with E-state index in [9.17, 15) is 0 Å². The molecule has 0 atom stereocenters. The first kappa shape index (κ1) is 20.8. The van der Waals surface area contributed by atoms with Gasteiger partial charge in [0.05, 0.1) is 5.69 Å². The summed E-state index contributed by atoms with van der Waals surface area (Å²) in [5, 5.41) is 0. The molecule has 0 spiro atoms. The van der Waals surface area contributed by atoms with E-state index in [1.807, 2.05) is 0 Å². The molecule has 0 bridgehead atoms. The zero-order valence-electron chi connectivity index (χ0n) is 19.3. The van der Waals surface area contributed by atoms with E-state index in [4.69, 9.17) is 0 Å². The van der Waals surface area contributed by atoms with Gasteiger partial charge in [-0.05, 0) is 85.5 Å². The lowest BCUT2D eigenvalue weighted by molar-refractivity contribution is 0.602. The van der Waals surface area contributed by atoms with Crippen LogP contribution >= 0.6 is 0 Å². The molecule has 2 aromatic rings. The van der Waals surface area contributed by atoms with E-state index in [-0.39, 0.29) is 0 Å². The van der Waals surface area contributed by atoms with Crippen molar-refractivity contribution in [2.45, 2.75) is 117 Å². The molecule has 0 N–H and O–H groups in total. The van der Waals surface area contributed by atoms with Crippen LogP contribution in [0.25, 0.3) is 5.69 Å². The van der Waals surface area contributed by atoms with Crippen molar-refractivity contribution in [2.24, 2.45) is 0 Å². The van der Waals surface area contributed by atoms with Gasteiger partial charge in [-0.3, -0.25) is 0 Å². The number of hydrogen-bond acceptors (Lipinski definition) is 0. The van der Waals surface area contributed by atoms with Gasteiger partial charge in [0.25, 0.3) is 0 Å². The standard InChI is InChI=1S/C28H41N/c1-20(2)22-16-13-17-23(21(3)4)28(22)29-26-18-11-7-5-9-14-24(26)25-15-10-6-8-12-19-27(25)29/h13,16-17,20-21H,5-12,14-15,18-19H2,1-4H3. The number of rotatable bonds is 3. The van der Waals surface area contributed by atoms with Crippen molar-refractivity contribution in [1.82, 2.24) is 4.57 Å². The molecule has 1 aromatic carbocycles. The lowest BCUT2D eigenvalue weighted by Gasteiger charge is -2.25. The van der Waals surface area contributed by atoms with Crippen LogP contribution in [0.15, 0.2) is 18.2 Å². The Labute approximate surface area is 178 Å². The zero-order valence-corrected chi connectivity index (χ0v) is 19.3. The molecule has 0 saturated heterocycles. The molecule has 0 aliphatic heterocycles. The van der Waals surface area contributed by atoms with Gasteiger partial charge in [0.1, 0.15) is 0 Å². The maximum Gasteiger partial charge on any atom is 0.0524 e. The van der Waals surface area contributed by atoms with Crippen LogP contribution in [-0.2, 0) is 25.7 Å². The number of hydrogen-bond donors (Lipinski definition) is 0. The van der Waals surface area contributed by atoms with Gasteiger partial charge < -0.3 is 4.57 Å². The van der Waals surface area contributed by atoms with Crippen LogP contribution in [0.5, 0.6) is 0 Å². The summed E-state index contributed by atoms with van der Waals surface area (Å²) in [6, 6.07) is 7.10. The highest BCUT2D eigenvalue weighted by atomic mass is 15.0. The Hall–Kier alpha value is -1.50. The van der Waals surface area contributed by atoms with Crippen LogP contribution in [0.2, 0.25) is 0 Å². The average molecular weight is 392 g/mol. The Morgan fingerprint density at radius 2 is 1.00 bits per heavy atom. The van der Waals surface area contributed by atoms with Crippen molar-refractivity contribution in [3.8, 4) is 5.69 Å². The maximum absolute atomic E-state index is 2.83. The van der Waals surface area contributed by atoms with E-state index in [1.165, 1.54) is 77.0 Å². The Balaban J connectivity index is 2.02. The number of aromatic nitrogens is 1. The minimum atomic E-state index is 0.555. The van der Waals surface area contributed by atoms with Gasteiger partial charge in [-0.15, -0.1) is 0 Å². The third kappa shape index (κ3) is 4.07. The van der Waals surface area contributed by atoms with Gasteiger partial charge in [-0.2, -0.15) is 0 Å². The van der Waals surface area contributed by atoms with Crippen molar-refractivity contribution < 1.29 is 0 Å². The predicted molar refractivity (Wildman–Crippen MR) is 126 cm³/mol. The molecule has 1 heterocycles. The second-order valence-corrected chi connectivity index (χ2v) is 10.1. The van der Waals surface area contributed by atoms with Gasteiger partial charge >= 0.3 is 0 Å². The second-order valence-electron chi connectivity index (χ2n) is 10.1. The third-order valence-electron chi connectivity index (χ3n) is 7.35. The van der Waals surface area contributed by atoms with Gasteiger partial charge in [0.15, 0.2) is 0 Å². The van der Waals surface area contributed by atoms with Gasteiger partial charge in [0, 0.05) is 11.4 Å². The zero-order chi connectivity index (χ0) is 20.4. The minimum Gasteiger partial charge on any atom is -0.317 e. The molecule has 29 heavy (non-hydrogen) atoms. The van der Waals surface area contributed by atoms with Crippen molar-refractivity contribution >= 4 is 0 Å². The van der Waals surface area contributed by atoms with Crippen molar-refractivity contribution in [3.63, 3.8) is 0 Å². The van der Waals surface area contributed by atoms with Crippen molar-refractivity contribution in [3.05, 3.63) is 51.8 Å². The van der Waals surface area contributed by atoms with Crippen LogP contribution in [0.3, 0.4) is 0 Å². The number of para-hydroxylation sites is 1. The van der Waals surface area contributed by atoms with Crippen LogP contribution in [0.1, 0.15) is 125 Å². The lowest BCUT2D eigenvalue weighted by Crippen LogP contribution is -2.14. The maximum atomic E-state index is 2.83. The quantitative estimate of drug-likeness (QED) is 0.499. The monoisotopic (exact) mass is 391 g/mol. The van der Waals surface area contributed by atoms with Crippen molar-refractivity contribution in [2.75, 3.05) is 0 Å². The molecule has 4 rings (SSSR count). The number of benzene rings is 1. The number of nitrogens with zero attached hydrogens (tertiary/aromatic N) is 1. The fourth-order valence-corrected chi connectivity index (χ4v) is 5.83. The first-order valence-corrected chi connectivity index (χ1v) is 12.5. The fraction of sp³-hybridized carbons (Fsp3) is 0.643. The van der Waals surface area contributed by atoms with Gasteiger partial charge in [0.2, 0.25) is 0 Å². The highest BCUT2D eigenvalue weighted by Crippen LogP contribution is 2.39. The summed E-state index contributed by atoms with van der Waals surface area (Å²) in [5.41, 5.74) is 11.5. The highest BCUT2D eigenvalue weighted by Gasteiger charge is 2.27. The predicted octanol–water partition coefficient (Wildman–Crippen LogP) is 8.04. The second kappa shape index (κ2) is 9.11. The SMILES string of the molecule is CC(C)c1cccc(C(C)C)c1-n1c2c(c3c1CCCCCC3)CCCCCC2. The van der Waals surface area contributed by atoms with E-state index >= 15 is 0 Å². The molecule has 0 fully saturated rings. The minimum absolute atomic E-state index is 0.555. The third-order valence-corrected chi connectivity index (χ3v) is 7.35. The largest absolute Gasteiger partial charge is 0.317 e. The summed E-state index contributed by atoms with van der Waals surface area (Å²) in [4.78, 5) is 0. The van der Waals surface area contributed by atoms with E-state index in [0.29, 0.717) is 11.8 Å². The molecule has 1 aromatic heterocycles. The Kier molecular flexibility index (Phi) is 6.52. The molecular formula is C28H41N. The smallest absolute Gasteiger partial charge is 0.0524 e. The summed E-state index contributed by atoms with van der Waals surface area (Å²) >= 11 is 0. The molecule has 1 nitrogen and oxygen atoms in total. The summed E-state index contributed by atoms with van der Waals surface area (Å²) in [7, 11) is 0. The van der Waals surface area contributed by atoms with E-state index in [1.54, 1.807) is 39.3 Å². The molecule has 0 saturated carbocycles.